The van der Waals surface area contributed by atoms with Gasteiger partial charge in [0.1, 0.15) is 11.5 Å². The van der Waals surface area contributed by atoms with Gasteiger partial charge >= 0.3 is 0 Å². The summed E-state index contributed by atoms with van der Waals surface area (Å²) in [5.74, 6) is 1.46. The highest BCUT2D eigenvalue weighted by Gasteiger charge is 2.29. The first-order valence-corrected chi connectivity index (χ1v) is 12.3. The summed E-state index contributed by atoms with van der Waals surface area (Å²) in [5.41, 5.74) is 2.21. The van der Waals surface area contributed by atoms with Crippen LogP contribution in [-0.4, -0.2) is 35.9 Å². The van der Waals surface area contributed by atoms with Gasteiger partial charge in [-0.05, 0) is 43.9 Å². The van der Waals surface area contributed by atoms with E-state index in [1.54, 1.807) is 24.3 Å². The molecule has 0 bridgehead atoms. The van der Waals surface area contributed by atoms with Gasteiger partial charge in [0, 0.05) is 19.0 Å². The molecule has 0 atom stereocenters. The zero-order valence-electron chi connectivity index (χ0n) is 20.1. The lowest BCUT2D eigenvalue weighted by Crippen LogP contribution is -2.24. The van der Waals surface area contributed by atoms with E-state index in [0.29, 0.717) is 71.8 Å². The van der Waals surface area contributed by atoms with Crippen molar-refractivity contribution >= 4 is 23.1 Å². The lowest BCUT2D eigenvalue weighted by molar-refractivity contribution is 0.0946. The monoisotopic (exact) mass is 488 g/mol. The number of hydrogen-bond donors (Lipinski definition) is 2. The molecular formula is C26H33ClN2O5. The molecule has 0 saturated heterocycles. The van der Waals surface area contributed by atoms with E-state index in [0.717, 1.165) is 31.3 Å². The van der Waals surface area contributed by atoms with Gasteiger partial charge in [0.25, 0.3) is 5.91 Å². The minimum atomic E-state index is -0.328. The molecule has 7 nitrogen and oxygen atoms in total. The van der Waals surface area contributed by atoms with E-state index in [2.05, 4.69) is 24.3 Å². The number of hydrogen-bond acceptors (Lipinski definition) is 6. The van der Waals surface area contributed by atoms with Gasteiger partial charge in [0.05, 0.1) is 35.1 Å². The Hall–Kier alpha value is -2.93. The fourth-order valence-corrected chi connectivity index (χ4v) is 3.82. The first-order chi connectivity index (χ1) is 16.5. The number of carbonyl (C=O) groups is 1. The third-order valence-electron chi connectivity index (χ3n) is 5.48. The van der Waals surface area contributed by atoms with Crippen LogP contribution in [-0.2, 0) is 0 Å². The number of aromatic nitrogens is 1. The van der Waals surface area contributed by atoms with Gasteiger partial charge in [0.15, 0.2) is 11.5 Å². The summed E-state index contributed by atoms with van der Waals surface area (Å²) in [6.45, 7) is 7.57. The SMILES string of the molecule is CCCCOc1cc(OCCCC)c(-c2onc(C(=O)NCC)c2C2=CC=C(O)CC2)cc1Cl. The topological polar surface area (TPSA) is 93.8 Å². The Bertz CT molecular complexity index is 1060. The first kappa shape index (κ1) is 25.7. The van der Waals surface area contributed by atoms with Crippen molar-refractivity contribution in [2.75, 3.05) is 19.8 Å². The van der Waals surface area contributed by atoms with E-state index < -0.39 is 0 Å². The minimum Gasteiger partial charge on any atom is -0.512 e. The van der Waals surface area contributed by atoms with E-state index >= 15 is 0 Å². The molecule has 1 aromatic heterocycles. The summed E-state index contributed by atoms with van der Waals surface area (Å²) >= 11 is 6.59. The highest BCUT2D eigenvalue weighted by atomic mass is 35.5. The number of rotatable bonds is 12. The van der Waals surface area contributed by atoms with E-state index in [9.17, 15) is 9.90 Å². The Morgan fingerprint density at radius 2 is 1.79 bits per heavy atom. The molecule has 8 heteroatoms. The molecule has 0 unspecified atom stereocenters. The summed E-state index contributed by atoms with van der Waals surface area (Å²) in [5, 5.41) is 17.2. The fourth-order valence-electron chi connectivity index (χ4n) is 3.60. The maximum absolute atomic E-state index is 12.8. The van der Waals surface area contributed by atoms with E-state index in [1.165, 1.54) is 0 Å². The van der Waals surface area contributed by atoms with Gasteiger partial charge in [0.2, 0.25) is 0 Å². The maximum atomic E-state index is 12.8. The largest absolute Gasteiger partial charge is 0.512 e. The van der Waals surface area contributed by atoms with Crippen LogP contribution < -0.4 is 14.8 Å². The normalized spacial score (nSPS) is 13.3. The maximum Gasteiger partial charge on any atom is 0.274 e. The highest BCUT2D eigenvalue weighted by molar-refractivity contribution is 6.32. The number of aliphatic hydroxyl groups is 1. The molecule has 1 amide bonds. The van der Waals surface area contributed by atoms with Gasteiger partial charge in [-0.15, -0.1) is 0 Å². The predicted molar refractivity (Wildman–Crippen MR) is 134 cm³/mol. The van der Waals surface area contributed by atoms with Crippen molar-refractivity contribution in [2.24, 2.45) is 0 Å². The second kappa shape index (κ2) is 12.5. The van der Waals surface area contributed by atoms with Crippen LogP contribution in [0.25, 0.3) is 16.9 Å². The number of ether oxygens (including phenoxy) is 2. The quantitative estimate of drug-likeness (QED) is 0.322. The zero-order chi connectivity index (χ0) is 24.5. The summed E-state index contributed by atoms with van der Waals surface area (Å²) in [7, 11) is 0. The number of carbonyl (C=O) groups excluding carboxylic acids is 1. The Balaban J connectivity index is 2.13. The standard InChI is InChI=1S/C26H33ClN2O5/c1-4-7-13-32-21-16-22(33-14-8-5-2)20(27)15-19(21)25-23(17-9-11-18(30)12-10-17)24(29-34-25)26(31)28-6-3/h9,11,15-16,30H,4-8,10,12-14H2,1-3H3,(H,28,31). The summed E-state index contributed by atoms with van der Waals surface area (Å²) in [6, 6.07) is 3.52. The van der Waals surface area contributed by atoms with Crippen molar-refractivity contribution in [3.63, 3.8) is 0 Å². The van der Waals surface area contributed by atoms with Gasteiger partial charge in [-0.3, -0.25) is 4.79 Å². The molecule has 0 radical (unpaired) electrons. The molecule has 1 aromatic carbocycles. The minimum absolute atomic E-state index is 0.191. The Labute approximate surface area is 205 Å². The van der Waals surface area contributed by atoms with Crippen LogP contribution in [0.3, 0.4) is 0 Å². The number of halogens is 1. The Kier molecular flexibility index (Phi) is 9.45. The van der Waals surface area contributed by atoms with Gasteiger partial charge in [-0.2, -0.15) is 0 Å². The van der Waals surface area contributed by atoms with Crippen LogP contribution in [0.4, 0.5) is 0 Å². The molecular weight excluding hydrogens is 456 g/mol. The fraction of sp³-hybridized carbons (Fsp3) is 0.462. The number of unbranched alkanes of at least 4 members (excludes halogenated alkanes) is 2. The van der Waals surface area contributed by atoms with Crippen LogP contribution >= 0.6 is 11.6 Å². The number of amides is 1. The molecule has 3 rings (SSSR count). The second-order valence-corrected chi connectivity index (χ2v) is 8.53. The smallest absolute Gasteiger partial charge is 0.274 e. The molecule has 0 saturated carbocycles. The van der Waals surface area contributed by atoms with Crippen molar-refractivity contribution < 1.29 is 23.9 Å². The lowest BCUT2D eigenvalue weighted by atomic mass is 9.92. The molecule has 0 spiro atoms. The van der Waals surface area contributed by atoms with Gasteiger partial charge in [-0.1, -0.05) is 49.5 Å². The van der Waals surface area contributed by atoms with Crippen LogP contribution in [0.15, 0.2) is 34.6 Å². The van der Waals surface area contributed by atoms with Crippen LogP contribution in [0.2, 0.25) is 5.02 Å². The summed E-state index contributed by atoms with van der Waals surface area (Å²) in [4.78, 5) is 12.8. The van der Waals surface area contributed by atoms with E-state index in [-0.39, 0.29) is 11.6 Å². The van der Waals surface area contributed by atoms with Gasteiger partial charge in [-0.25, -0.2) is 0 Å². The molecule has 34 heavy (non-hydrogen) atoms. The molecule has 1 aliphatic carbocycles. The van der Waals surface area contributed by atoms with Gasteiger partial charge < -0.3 is 24.4 Å². The number of allylic oxidation sites excluding steroid dienone is 4. The molecule has 184 valence electrons. The van der Waals surface area contributed by atoms with Crippen molar-refractivity contribution in [1.29, 1.82) is 0 Å². The molecule has 0 aliphatic heterocycles. The average molecular weight is 489 g/mol. The van der Waals surface area contributed by atoms with Crippen molar-refractivity contribution in [3.8, 4) is 22.8 Å². The molecule has 1 heterocycles. The first-order valence-electron chi connectivity index (χ1n) is 12.0. The highest BCUT2D eigenvalue weighted by Crippen LogP contribution is 2.44. The van der Waals surface area contributed by atoms with Crippen LogP contribution in [0.1, 0.15) is 75.3 Å². The lowest BCUT2D eigenvalue weighted by Gasteiger charge is -2.16. The Morgan fingerprint density at radius 3 is 2.41 bits per heavy atom. The average Bonchev–Trinajstić information content (AvgIpc) is 3.26. The molecule has 1 aliphatic rings. The van der Waals surface area contributed by atoms with E-state index in [4.69, 9.17) is 25.6 Å². The van der Waals surface area contributed by atoms with Crippen molar-refractivity contribution in [3.05, 3.63) is 46.3 Å². The molecule has 2 N–H and O–H groups in total. The summed E-state index contributed by atoms with van der Waals surface area (Å²) < 4.78 is 17.7. The number of nitrogens with zero attached hydrogens (tertiary/aromatic N) is 1. The third-order valence-corrected chi connectivity index (χ3v) is 5.78. The zero-order valence-corrected chi connectivity index (χ0v) is 20.8. The molecule has 2 aromatic rings. The van der Waals surface area contributed by atoms with Crippen LogP contribution in [0.5, 0.6) is 11.5 Å². The number of aliphatic hydroxyl groups excluding tert-OH is 1. The molecule has 0 fully saturated rings. The number of nitrogens with one attached hydrogen (secondary N) is 1. The van der Waals surface area contributed by atoms with E-state index in [1.807, 2.05) is 6.92 Å². The third kappa shape index (κ3) is 6.14. The summed E-state index contributed by atoms with van der Waals surface area (Å²) in [6.07, 6.45) is 8.24. The van der Waals surface area contributed by atoms with Crippen molar-refractivity contribution in [1.82, 2.24) is 10.5 Å². The van der Waals surface area contributed by atoms with Crippen molar-refractivity contribution in [2.45, 2.75) is 59.3 Å². The predicted octanol–water partition coefficient (Wildman–Crippen LogP) is 6.72. The Morgan fingerprint density at radius 1 is 1.09 bits per heavy atom. The second-order valence-electron chi connectivity index (χ2n) is 8.13. The van der Waals surface area contributed by atoms with Crippen LogP contribution in [0, 0.1) is 0 Å². The number of benzene rings is 1.